The van der Waals surface area contributed by atoms with Crippen molar-refractivity contribution >= 4 is 11.6 Å². The minimum absolute atomic E-state index is 0.0290. The average molecular weight is 240 g/mol. The first-order chi connectivity index (χ1) is 8.65. The van der Waals surface area contributed by atoms with Crippen molar-refractivity contribution < 1.29 is 9.59 Å². The Morgan fingerprint density at radius 3 is 2.83 bits per heavy atom. The molecule has 2 unspecified atom stereocenters. The van der Waals surface area contributed by atoms with Gasteiger partial charge in [-0.2, -0.15) is 0 Å². The van der Waals surface area contributed by atoms with Gasteiger partial charge in [0, 0.05) is 18.8 Å². The predicted molar refractivity (Wildman–Crippen MR) is 70.1 cm³/mol. The Bertz CT molecular complexity index is 485. The number of carbonyl (C=O) groups is 2. The first kappa shape index (κ1) is 14.1. The summed E-state index contributed by atoms with van der Waals surface area (Å²) in [6.45, 7) is 1.95. The lowest BCUT2D eigenvalue weighted by Crippen LogP contribution is -2.26. The van der Waals surface area contributed by atoms with Gasteiger partial charge in [-0.25, -0.2) is 0 Å². The van der Waals surface area contributed by atoms with Crippen LogP contribution in [-0.4, -0.2) is 11.6 Å². The zero-order chi connectivity index (χ0) is 13.4. The van der Waals surface area contributed by atoms with Gasteiger partial charge in [0.1, 0.15) is 5.78 Å². The first-order valence-electron chi connectivity index (χ1n) is 6.17. The fraction of sp³-hybridized carbons (Fsp3) is 0.500. The molecule has 0 heterocycles. The van der Waals surface area contributed by atoms with Crippen molar-refractivity contribution in [3.05, 3.63) is 0 Å². The van der Waals surface area contributed by atoms with E-state index in [-0.39, 0.29) is 17.6 Å². The van der Waals surface area contributed by atoms with Gasteiger partial charge in [-0.05, 0) is 48.4 Å². The largest absolute Gasteiger partial charge is 0.299 e. The molecule has 92 valence electrons. The number of carbonyl (C=O) groups excluding carboxylic acids is 2. The molecule has 0 N–H and O–H groups in total. The van der Waals surface area contributed by atoms with Crippen molar-refractivity contribution in [3.63, 3.8) is 0 Å². The van der Waals surface area contributed by atoms with E-state index in [1.165, 1.54) is 0 Å². The number of ketones is 2. The molecule has 2 heteroatoms. The zero-order valence-electron chi connectivity index (χ0n) is 10.6. The highest BCUT2D eigenvalue weighted by Crippen LogP contribution is 2.28. The van der Waals surface area contributed by atoms with Crippen LogP contribution in [0.3, 0.4) is 0 Å². The van der Waals surface area contributed by atoms with Crippen LogP contribution in [0.4, 0.5) is 0 Å². The molecule has 0 bridgehead atoms. The molecule has 0 amide bonds. The van der Waals surface area contributed by atoms with E-state index in [1.807, 2.05) is 6.92 Å². The van der Waals surface area contributed by atoms with Crippen LogP contribution in [0.15, 0.2) is 0 Å². The summed E-state index contributed by atoms with van der Waals surface area (Å²) in [5.41, 5.74) is 0. The summed E-state index contributed by atoms with van der Waals surface area (Å²) in [5, 5.41) is 0. The van der Waals surface area contributed by atoms with Crippen molar-refractivity contribution in [2.24, 2.45) is 11.8 Å². The van der Waals surface area contributed by atoms with E-state index in [0.29, 0.717) is 18.6 Å². The van der Waals surface area contributed by atoms with Gasteiger partial charge in [0.15, 0.2) is 0 Å². The fourth-order valence-electron chi connectivity index (χ4n) is 2.27. The van der Waals surface area contributed by atoms with E-state index >= 15 is 0 Å². The monoisotopic (exact) mass is 240 g/mol. The van der Waals surface area contributed by atoms with E-state index in [2.05, 4.69) is 29.6 Å². The molecular formula is C16H16O2. The van der Waals surface area contributed by atoms with E-state index < -0.39 is 0 Å². The van der Waals surface area contributed by atoms with Crippen molar-refractivity contribution in [3.8, 4) is 36.0 Å². The number of hydrogen-bond acceptors (Lipinski definition) is 2. The molecule has 0 saturated heterocycles. The van der Waals surface area contributed by atoms with Crippen molar-refractivity contribution in [1.29, 1.82) is 0 Å². The quantitative estimate of drug-likeness (QED) is 0.558. The summed E-state index contributed by atoms with van der Waals surface area (Å²) in [6, 6.07) is 0. The van der Waals surface area contributed by atoms with Gasteiger partial charge in [-0.15, -0.1) is 6.42 Å². The second kappa shape index (κ2) is 7.37. The van der Waals surface area contributed by atoms with Crippen molar-refractivity contribution in [2.45, 2.75) is 39.0 Å². The predicted octanol–water partition coefficient (Wildman–Crippen LogP) is 1.98. The third-order valence-electron chi connectivity index (χ3n) is 3.20. The Balaban J connectivity index is 2.50. The van der Waals surface area contributed by atoms with Crippen LogP contribution in [0.25, 0.3) is 0 Å². The van der Waals surface area contributed by atoms with Crippen LogP contribution in [0.2, 0.25) is 0 Å². The smallest absolute Gasteiger partial charge is 0.206 e. The molecule has 1 aliphatic rings. The SMILES string of the molecule is C#CC#CC#CC(=O)CC(C)C1CCCCC1=O. The van der Waals surface area contributed by atoms with Crippen LogP contribution < -0.4 is 0 Å². The molecule has 0 aromatic rings. The average Bonchev–Trinajstić information content (AvgIpc) is 2.35. The van der Waals surface area contributed by atoms with Crippen LogP contribution in [0.1, 0.15) is 39.0 Å². The highest BCUT2D eigenvalue weighted by molar-refractivity contribution is 5.96. The summed E-state index contributed by atoms with van der Waals surface area (Å²) in [5.74, 6) is 11.9. The summed E-state index contributed by atoms with van der Waals surface area (Å²) >= 11 is 0. The van der Waals surface area contributed by atoms with Crippen molar-refractivity contribution in [1.82, 2.24) is 0 Å². The lowest BCUT2D eigenvalue weighted by Gasteiger charge is -2.25. The summed E-state index contributed by atoms with van der Waals surface area (Å²) in [7, 11) is 0. The maximum absolute atomic E-state index is 11.7. The minimum Gasteiger partial charge on any atom is -0.299 e. The highest BCUT2D eigenvalue weighted by Gasteiger charge is 2.28. The second-order valence-corrected chi connectivity index (χ2v) is 4.57. The fourth-order valence-corrected chi connectivity index (χ4v) is 2.27. The highest BCUT2D eigenvalue weighted by atomic mass is 16.1. The maximum atomic E-state index is 11.7. The first-order valence-corrected chi connectivity index (χ1v) is 6.17. The third kappa shape index (κ3) is 4.48. The molecule has 0 aromatic heterocycles. The molecule has 1 rings (SSSR count). The van der Waals surface area contributed by atoms with E-state index in [1.54, 1.807) is 0 Å². The van der Waals surface area contributed by atoms with Gasteiger partial charge in [0.25, 0.3) is 0 Å². The van der Waals surface area contributed by atoms with Crippen LogP contribution in [0, 0.1) is 47.9 Å². The van der Waals surface area contributed by atoms with Gasteiger partial charge in [0.2, 0.25) is 5.78 Å². The Hall–Kier alpha value is -1.98. The number of terminal acetylenes is 1. The Labute approximate surface area is 109 Å². The van der Waals surface area contributed by atoms with Gasteiger partial charge in [-0.3, -0.25) is 9.59 Å². The third-order valence-corrected chi connectivity index (χ3v) is 3.20. The molecule has 1 fully saturated rings. The summed E-state index contributed by atoms with van der Waals surface area (Å²) in [4.78, 5) is 23.3. The topological polar surface area (TPSA) is 34.1 Å². The Morgan fingerprint density at radius 2 is 2.17 bits per heavy atom. The number of Topliss-reactive ketones (excluding diaryl/α,β-unsaturated/α-hetero) is 2. The molecule has 1 aliphatic carbocycles. The molecule has 0 aromatic carbocycles. The van der Waals surface area contributed by atoms with Crippen LogP contribution in [0.5, 0.6) is 0 Å². The van der Waals surface area contributed by atoms with Gasteiger partial charge < -0.3 is 0 Å². The Morgan fingerprint density at radius 1 is 1.39 bits per heavy atom. The van der Waals surface area contributed by atoms with E-state index in [0.717, 1.165) is 19.3 Å². The van der Waals surface area contributed by atoms with Crippen LogP contribution >= 0.6 is 0 Å². The molecule has 18 heavy (non-hydrogen) atoms. The molecule has 0 aliphatic heterocycles. The molecule has 2 nitrogen and oxygen atoms in total. The lowest BCUT2D eigenvalue weighted by molar-refractivity contribution is -0.126. The standard InChI is InChI=1S/C16H16O2/c1-3-4-5-6-9-14(17)12-13(2)15-10-7-8-11-16(15)18/h1,13,15H,7-8,10-12H2,2H3. The molecule has 0 radical (unpaired) electrons. The number of rotatable bonds is 3. The van der Waals surface area contributed by atoms with Crippen molar-refractivity contribution in [2.75, 3.05) is 0 Å². The van der Waals surface area contributed by atoms with Crippen LogP contribution in [-0.2, 0) is 9.59 Å². The summed E-state index contributed by atoms with van der Waals surface area (Å²) in [6.07, 6.45) is 8.86. The van der Waals surface area contributed by atoms with Gasteiger partial charge >= 0.3 is 0 Å². The molecule has 1 saturated carbocycles. The Kier molecular flexibility index (Phi) is 5.76. The minimum atomic E-state index is -0.174. The molecular weight excluding hydrogens is 224 g/mol. The molecule has 0 spiro atoms. The lowest BCUT2D eigenvalue weighted by atomic mass is 9.78. The normalized spacial score (nSPS) is 19.6. The van der Waals surface area contributed by atoms with E-state index in [4.69, 9.17) is 6.42 Å². The summed E-state index contributed by atoms with van der Waals surface area (Å²) < 4.78 is 0. The van der Waals surface area contributed by atoms with Gasteiger partial charge in [-0.1, -0.05) is 13.3 Å². The van der Waals surface area contributed by atoms with Gasteiger partial charge in [0.05, 0.1) is 0 Å². The zero-order valence-corrected chi connectivity index (χ0v) is 10.6. The number of hydrogen-bond donors (Lipinski definition) is 0. The van der Waals surface area contributed by atoms with E-state index in [9.17, 15) is 9.59 Å². The molecule has 2 atom stereocenters. The second-order valence-electron chi connectivity index (χ2n) is 4.57. The maximum Gasteiger partial charge on any atom is 0.206 e.